The van der Waals surface area contributed by atoms with Gasteiger partial charge in [0, 0.05) is 33.3 Å². The van der Waals surface area contributed by atoms with Crippen LogP contribution in [0.1, 0.15) is 54.7 Å². The van der Waals surface area contributed by atoms with E-state index in [0.717, 1.165) is 37.5 Å². The van der Waals surface area contributed by atoms with Gasteiger partial charge < -0.3 is 29.0 Å². The van der Waals surface area contributed by atoms with E-state index in [-0.39, 0.29) is 5.56 Å². The molecule has 1 fully saturated rings. The molecule has 0 bridgehead atoms. The zero-order valence-corrected chi connectivity index (χ0v) is 23.4. The molecule has 1 saturated heterocycles. The quantitative estimate of drug-likeness (QED) is 0.273. The van der Waals surface area contributed by atoms with Crippen LogP contribution in [0.3, 0.4) is 0 Å². The van der Waals surface area contributed by atoms with Crippen LogP contribution in [0.5, 0.6) is 0 Å². The predicted octanol–water partition coefficient (Wildman–Crippen LogP) is 2.98. The highest BCUT2D eigenvalue weighted by Gasteiger charge is 2.52. The molecule has 1 amide bonds. The second-order valence-electron chi connectivity index (χ2n) is 9.46. The lowest BCUT2D eigenvalue weighted by Crippen LogP contribution is -2.66. The molecule has 1 unspecified atom stereocenters. The molecule has 3 rings (SSSR count). The minimum Gasteiger partial charge on any atom is -0.463 e. The molecule has 1 aliphatic rings. The summed E-state index contributed by atoms with van der Waals surface area (Å²) in [6, 6.07) is 14.8. The lowest BCUT2D eigenvalue weighted by atomic mass is 9.97. The van der Waals surface area contributed by atoms with Crippen molar-refractivity contribution in [2.45, 2.75) is 65.3 Å². The van der Waals surface area contributed by atoms with E-state index in [1.54, 1.807) is 24.3 Å². The molecule has 1 N–H and O–H groups in total. The van der Waals surface area contributed by atoms with Crippen molar-refractivity contribution in [3.8, 4) is 0 Å². The second-order valence-corrected chi connectivity index (χ2v) is 9.46. The van der Waals surface area contributed by atoms with Crippen molar-refractivity contribution < 1.29 is 47.7 Å². The third kappa shape index (κ3) is 9.28. The first-order valence-corrected chi connectivity index (χ1v) is 12.9. The number of nitrogens with one attached hydrogen (secondary N) is 1. The van der Waals surface area contributed by atoms with Crippen molar-refractivity contribution in [3.05, 3.63) is 70.8 Å². The molecule has 41 heavy (non-hydrogen) atoms. The molecule has 0 saturated carbocycles. The fraction of sp³-hybridized carbons (Fsp3) is 0.367. The van der Waals surface area contributed by atoms with Gasteiger partial charge in [0.05, 0.1) is 0 Å². The van der Waals surface area contributed by atoms with Crippen LogP contribution in [0.25, 0.3) is 12.2 Å². The minimum absolute atomic E-state index is 0.269. The van der Waals surface area contributed by atoms with Gasteiger partial charge in [-0.1, -0.05) is 54.1 Å². The Morgan fingerprint density at radius 2 is 1.20 bits per heavy atom. The molecular formula is C30H33NO10. The second kappa shape index (κ2) is 14.2. The van der Waals surface area contributed by atoms with Crippen molar-refractivity contribution in [1.29, 1.82) is 0 Å². The van der Waals surface area contributed by atoms with Crippen LogP contribution in [0.4, 0.5) is 0 Å². The summed E-state index contributed by atoms with van der Waals surface area (Å²) in [5, 5.41) is 2.64. The van der Waals surface area contributed by atoms with Crippen molar-refractivity contribution in [2.24, 2.45) is 0 Å². The van der Waals surface area contributed by atoms with Crippen molar-refractivity contribution in [1.82, 2.24) is 5.32 Å². The van der Waals surface area contributed by atoms with E-state index in [4.69, 9.17) is 23.7 Å². The van der Waals surface area contributed by atoms with Gasteiger partial charge in [0.15, 0.2) is 24.5 Å². The van der Waals surface area contributed by atoms with Gasteiger partial charge in [-0.3, -0.25) is 24.0 Å². The summed E-state index contributed by atoms with van der Waals surface area (Å²) in [5.74, 6) is -3.50. The van der Waals surface area contributed by atoms with Gasteiger partial charge in [0.2, 0.25) is 0 Å². The standard InChI is InChI=1S/C30H33NO10/c1-17-6-8-22(9-7-17)10-11-23-12-14-24(15-13-23)29(36)31-30-28(40-21(5)35)27(39-20(4)34)26(38-19(3)33)25(41-30)16-37-18(2)32/h6-15,25-28,30H,16H2,1-5H3,(H,31,36)/b11-10+/t25-,26-,27+,28-,30?/m1/s1. The Balaban J connectivity index is 1.84. The number of amides is 1. The number of benzene rings is 2. The summed E-state index contributed by atoms with van der Waals surface area (Å²) in [7, 11) is 0. The van der Waals surface area contributed by atoms with Gasteiger partial charge in [-0.05, 0) is 30.2 Å². The summed E-state index contributed by atoms with van der Waals surface area (Å²) in [6.07, 6.45) is -2.75. The zero-order valence-electron chi connectivity index (χ0n) is 23.4. The molecule has 0 spiro atoms. The molecule has 0 radical (unpaired) electrons. The molecule has 1 heterocycles. The number of carbonyl (C=O) groups excluding carboxylic acids is 5. The van der Waals surface area contributed by atoms with E-state index in [1.165, 1.54) is 6.92 Å². The fourth-order valence-electron chi connectivity index (χ4n) is 4.17. The smallest absolute Gasteiger partial charge is 0.303 e. The van der Waals surface area contributed by atoms with E-state index in [0.29, 0.717) is 0 Å². The Labute approximate surface area is 237 Å². The van der Waals surface area contributed by atoms with Gasteiger partial charge in [-0.2, -0.15) is 0 Å². The number of carbonyl (C=O) groups is 5. The largest absolute Gasteiger partial charge is 0.463 e. The first kappa shape index (κ1) is 31.0. The third-order valence-electron chi connectivity index (χ3n) is 5.98. The van der Waals surface area contributed by atoms with Gasteiger partial charge in [-0.15, -0.1) is 0 Å². The first-order chi connectivity index (χ1) is 19.4. The lowest BCUT2D eigenvalue weighted by Gasteiger charge is -2.44. The van der Waals surface area contributed by atoms with Crippen LogP contribution in [-0.2, 0) is 42.9 Å². The van der Waals surface area contributed by atoms with Crippen LogP contribution in [0, 0.1) is 6.92 Å². The summed E-state index contributed by atoms with van der Waals surface area (Å²) in [4.78, 5) is 60.5. The SMILES string of the molecule is CC(=O)OC[C@H]1OC(NC(=O)c2ccc(/C=C/c3ccc(C)cc3)cc2)[C@H](OC(C)=O)[C@@H](OC(C)=O)[C@@H]1OC(C)=O. The van der Waals surface area contributed by atoms with E-state index < -0.39 is 67.0 Å². The molecule has 5 atom stereocenters. The lowest BCUT2D eigenvalue weighted by molar-refractivity contribution is -0.255. The summed E-state index contributed by atoms with van der Waals surface area (Å²) >= 11 is 0. The normalized spacial score (nSPS) is 21.9. The molecule has 218 valence electrons. The highest BCUT2D eigenvalue weighted by molar-refractivity contribution is 5.94. The van der Waals surface area contributed by atoms with Crippen LogP contribution in [-0.4, -0.2) is 67.0 Å². The minimum atomic E-state index is -1.39. The monoisotopic (exact) mass is 567 g/mol. The third-order valence-corrected chi connectivity index (χ3v) is 5.98. The van der Waals surface area contributed by atoms with Crippen molar-refractivity contribution in [3.63, 3.8) is 0 Å². The Morgan fingerprint density at radius 3 is 1.71 bits per heavy atom. The molecule has 1 aliphatic heterocycles. The highest BCUT2D eigenvalue weighted by atomic mass is 16.7. The number of esters is 4. The maximum Gasteiger partial charge on any atom is 0.303 e. The maximum absolute atomic E-state index is 13.2. The molecule has 11 nitrogen and oxygen atoms in total. The fourth-order valence-corrected chi connectivity index (χ4v) is 4.17. The Morgan fingerprint density at radius 1 is 0.707 bits per heavy atom. The maximum atomic E-state index is 13.2. The molecule has 2 aromatic rings. The Bertz CT molecular complexity index is 1290. The molecule has 2 aromatic carbocycles. The van der Waals surface area contributed by atoms with Gasteiger partial charge in [0.1, 0.15) is 12.7 Å². The van der Waals surface area contributed by atoms with Crippen LogP contribution in [0.15, 0.2) is 48.5 Å². The first-order valence-electron chi connectivity index (χ1n) is 12.9. The number of hydrogen-bond acceptors (Lipinski definition) is 10. The number of ether oxygens (including phenoxy) is 5. The van der Waals surface area contributed by atoms with Gasteiger partial charge in [-0.25, -0.2) is 0 Å². The number of rotatable bonds is 9. The number of hydrogen-bond donors (Lipinski definition) is 1. The summed E-state index contributed by atoms with van der Waals surface area (Å²) < 4.78 is 27.1. The van der Waals surface area contributed by atoms with E-state index >= 15 is 0 Å². The van der Waals surface area contributed by atoms with Crippen LogP contribution >= 0.6 is 0 Å². The number of aryl methyl sites for hydroxylation is 1. The molecule has 11 heteroatoms. The van der Waals surface area contributed by atoms with Gasteiger partial charge in [0.25, 0.3) is 5.91 Å². The van der Waals surface area contributed by atoms with Crippen molar-refractivity contribution >= 4 is 41.9 Å². The highest BCUT2D eigenvalue weighted by Crippen LogP contribution is 2.28. The average molecular weight is 568 g/mol. The average Bonchev–Trinajstić information content (AvgIpc) is 2.90. The van der Waals surface area contributed by atoms with E-state index in [2.05, 4.69) is 5.32 Å². The predicted molar refractivity (Wildman–Crippen MR) is 146 cm³/mol. The van der Waals surface area contributed by atoms with Crippen LogP contribution in [0.2, 0.25) is 0 Å². The Kier molecular flexibility index (Phi) is 10.8. The van der Waals surface area contributed by atoms with Gasteiger partial charge >= 0.3 is 23.9 Å². The summed E-state index contributed by atoms with van der Waals surface area (Å²) in [5.41, 5.74) is 3.31. The van der Waals surface area contributed by atoms with E-state index in [9.17, 15) is 24.0 Å². The Hall–Kier alpha value is -4.51. The summed E-state index contributed by atoms with van der Waals surface area (Å²) in [6.45, 7) is 6.16. The van der Waals surface area contributed by atoms with Crippen molar-refractivity contribution in [2.75, 3.05) is 6.61 Å². The van der Waals surface area contributed by atoms with E-state index in [1.807, 2.05) is 43.3 Å². The zero-order chi connectivity index (χ0) is 30.1. The molecule has 0 aromatic heterocycles. The van der Waals surface area contributed by atoms with Crippen LogP contribution < -0.4 is 5.32 Å². The molecule has 0 aliphatic carbocycles. The molecular weight excluding hydrogens is 534 g/mol. The topological polar surface area (TPSA) is 144 Å².